The molecule has 0 bridgehead atoms. The zero-order valence-electron chi connectivity index (χ0n) is 5.81. The highest BCUT2D eigenvalue weighted by Gasteiger charge is 1.89. The van der Waals surface area contributed by atoms with Gasteiger partial charge in [0.1, 0.15) is 9.68 Å². The summed E-state index contributed by atoms with van der Waals surface area (Å²) in [6, 6.07) is 1.18. The Balaban J connectivity index is 3.07. The van der Waals surface area contributed by atoms with E-state index in [1.165, 1.54) is 18.5 Å². The van der Waals surface area contributed by atoms with Crippen LogP contribution in [0.2, 0.25) is 6.04 Å². The minimum Gasteiger partial charge on any atom is -0.384 e. The van der Waals surface area contributed by atoms with Gasteiger partial charge in [-0.05, 0) is 12.1 Å². The number of carbonyl (C=O) groups excluding carboxylic acids is 1. The standard InChI is InChI=1S/C6H13NOSi/c1-3-5-9-7-6(8)4-2/h4H,2-3,5,9H2,1H3,(H,7,8). The zero-order chi connectivity index (χ0) is 7.11. The Hall–Kier alpha value is -0.573. The van der Waals surface area contributed by atoms with Crippen molar-refractivity contribution in [3.8, 4) is 0 Å². The molecule has 3 heteroatoms. The summed E-state index contributed by atoms with van der Waals surface area (Å²) in [5, 5.41) is 0. The minimum absolute atomic E-state index is 0.0184. The maximum Gasteiger partial charge on any atom is 0.235 e. The molecule has 0 radical (unpaired) electrons. The molecule has 0 aromatic heterocycles. The lowest BCUT2D eigenvalue weighted by molar-refractivity contribution is -0.114. The van der Waals surface area contributed by atoms with Crippen LogP contribution in [0.25, 0.3) is 0 Å². The van der Waals surface area contributed by atoms with E-state index < -0.39 is 0 Å². The second kappa shape index (κ2) is 5.56. The third-order valence-electron chi connectivity index (χ3n) is 1.01. The van der Waals surface area contributed by atoms with Gasteiger partial charge in [-0.15, -0.1) is 0 Å². The first kappa shape index (κ1) is 8.43. The molecule has 0 atom stereocenters. The second-order valence-corrected chi connectivity index (χ2v) is 3.41. The van der Waals surface area contributed by atoms with Crippen molar-refractivity contribution in [1.82, 2.24) is 4.98 Å². The molecule has 0 spiro atoms. The van der Waals surface area contributed by atoms with E-state index in [4.69, 9.17) is 0 Å². The van der Waals surface area contributed by atoms with Crippen molar-refractivity contribution in [1.29, 1.82) is 0 Å². The number of amides is 1. The molecule has 52 valence electrons. The van der Waals surface area contributed by atoms with Gasteiger partial charge in [0.05, 0.1) is 0 Å². The van der Waals surface area contributed by atoms with E-state index in [-0.39, 0.29) is 15.6 Å². The Labute approximate surface area is 58.2 Å². The third-order valence-corrected chi connectivity index (χ3v) is 2.67. The van der Waals surface area contributed by atoms with Crippen LogP contribution in [-0.4, -0.2) is 15.6 Å². The molecule has 9 heavy (non-hydrogen) atoms. The predicted molar refractivity (Wildman–Crippen MR) is 42.0 cm³/mol. The van der Waals surface area contributed by atoms with E-state index in [0.717, 1.165) is 0 Å². The van der Waals surface area contributed by atoms with Gasteiger partial charge in [0.25, 0.3) is 0 Å². The average molecular weight is 143 g/mol. The van der Waals surface area contributed by atoms with Crippen molar-refractivity contribution >= 4 is 15.6 Å². The van der Waals surface area contributed by atoms with Gasteiger partial charge in [0.15, 0.2) is 0 Å². The van der Waals surface area contributed by atoms with Crippen molar-refractivity contribution in [3.05, 3.63) is 12.7 Å². The van der Waals surface area contributed by atoms with Crippen LogP contribution >= 0.6 is 0 Å². The Morgan fingerprint density at radius 3 is 3.00 bits per heavy atom. The summed E-state index contributed by atoms with van der Waals surface area (Å²) in [6.07, 6.45) is 2.49. The third kappa shape index (κ3) is 5.30. The van der Waals surface area contributed by atoms with Crippen molar-refractivity contribution in [2.75, 3.05) is 0 Å². The van der Waals surface area contributed by atoms with Crippen LogP contribution in [0.5, 0.6) is 0 Å². The number of carbonyl (C=O) groups is 1. The molecule has 0 heterocycles. The first-order valence-electron chi connectivity index (χ1n) is 3.21. The van der Waals surface area contributed by atoms with Crippen LogP contribution in [-0.2, 0) is 4.79 Å². The quantitative estimate of drug-likeness (QED) is 0.340. The van der Waals surface area contributed by atoms with Crippen LogP contribution in [0.1, 0.15) is 13.3 Å². The van der Waals surface area contributed by atoms with Crippen LogP contribution in [0.3, 0.4) is 0 Å². The van der Waals surface area contributed by atoms with Gasteiger partial charge in [0, 0.05) is 0 Å². The average Bonchev–Trinajstić information content (AvgIpc) is 1.89. The molecular weight excluding hydrogens is 130 g/mol. The first-order chi connectivity index (χ1) is 4.31. The Bertz CT molecular complexity index is 103. The number of hydrogen-bond acceptors (Lipinski definition) is 1. The molecule has 0 saturated heterocycles. The fourth-order valence-corrected chi connectivity index (χ4v) is 1.38. The summed E-state index contributed by atoms with van der Waals surface area (Å²) < 4.78 is 0. The number of hydrogen-bond donors (Lipinski definition) is 1. The van der Waals surface area contributed by atoms with Crippen molar-refractivity contribution in [2.24, 2.45) is 0 Å². The summed E-state index contributed by atoms with van der Waals surface area (Å²) in [7, 11) is -0.318. The SMILES string of the molecule is C=CC(=O)N[SiH2]CCC. The molecule has 0 aromatic rings. The van der Waals surface area contributed by atoms with Crippen molar-refractivity contribution in [3.63, 3.8) is 0 Å². The van der Waals surface area contributed by atoms with Crippen LogP contribution in [0.15, 0.2) is 12.7 Å². The zero-order valence-corrected chi connectivity index (χ0v) is 7.23. The topological polar surface area (TPSA) is 29.1 Å². The van der Waals surface area contributed by atoms with Gasteiger partial charge in [-0.25, -0.2) is 0 Å². The van der Waals surface area contributed by atoms with Gasteiger partial charge < -0.3 is 4.98 Å². The molecule has 1 amide bonds. The van der Waals surface area contributed by atoms with Crippen LogP contribution in [0.4, 0.5) is 0 Å². The maximum absolute atomic E-state index is 10.5. The highest BCUT2D eigenvalue weighted by Crippen LogP contribution is 1.81. The predicted octanol–water partition coefficient (Wildman–Crippen LogP) is 0.201. The molecule has 0 rings (SSSR count). The molecule has 0 aliphatic carbocycles. The molecule has 0 fully saturated rings. The summed E-state index contributed by atoms with van der Waals surface area (Å²) in [5.74, 6) is -0.0184. The maximum atomic E-state index is 10.5. The van der Waals surface area contributed by atoms with Crippen LogP contribution < -0.4 is 4.98 Å². The van der Waals surface area contributed by atoms with Gasteiger partial charge in [0.2, 0.25) is 5.91 Å². The molecule has 0 unspecified atom stereocenters. The van der Waals surface area contributed by atoms with E-state index in [1.807, 2.05) is 0 Å². The molecular formula is C6H13NOSi. The highest BCUT2D eigenvalue weighted by molar-refractivity contribution is 6.37. The van der Waals surface area contributed by atoms with Gasteiger partial charge in [-0.1, -0.05) is 19.9 Å². The molecule has 0 saturated carbocycles. The molecule has 0 aromatic carbocycles. The van der Waals surface area contributed by atoms with E-state index in [2.05, 4.69) is 18.5 Å². The van der Waals surface area contributed by atoms with Gasteiger partial charge in [-0.3, -0.25) is 4.79 Å². The Morgan fingerprint density at radius 1 is 1.89 bits per heavy atom. The normalized spacial score (nSPS) is 9.89. The summed E-state index contributed by atoms with van der Waals surface area (Å²) in [6.45, 7) is 5.47. The molecule has 0 aliphatic rings. The van der Waals surface area contributed by atoms with E-state index in [0.29, 0.717) is 0 Å². The summed E-state index contributed by atoms with van der Waals surface area (Å²) in [5.41, 5.74) is 0. The minimum atomic E-state index is -0.318. The lowest BCUT2D eigenvalue weighted by Gasteiger charge is -1.96. The number of nitrogens with one attached hydrogen (secondary N) is 1. The lowest BCUT2D eigenvalue weighted by Crippen LogP contribution is -2.24. The van der Waals surface area contributed by atoms with E-state index in [1.54, 1.807) is 0 Å². The molecule has 1 N–H and O–H groups in total. The van der Waals surface area contributed by atoms with Gasteiger partial charge >= 0.3 is 0 Å². The Kier molecular flexibility index (Phi) is 5.21. The largest absolute Gasteiger partial charge is 0.384 e. The van der Waals surface area contributed by atoms with Crippen LogP contribution in [0, 0.1) is 0 Å². The smallest absolute Gasteiger partial charge is 0.235 e. The fraction of sp³-hybridized carbons (Fsp3) is 0.500. The fourth-order valence-electron chi connectivity index (χ4n) is 0.461. The lowest BCUT2D eigenvalue weighted by atomic mass is 10.6. The molecule has 0 aliphatic heterocycles. The summed E-state index contributed by atoms with van der Waals surface area (Å²) >= 11 is 0. The van der Waals surface area contributed by atoms with E-state index in [9.17, 15) is 4.79 Å². The number of rotatable bonds is 4. The highest BCUT2D eigenvalue weighted by atomic mass is 28.2. The first-order valence-corrected chi connectivity index (χ1v) is 4.92. The van der Waals surface area contributed by atoms with E-state index >= 15 is 0 Å². The van der Waals surface area contributed by atoms with Crippen molar-refractivity contribution in [2.45, 2.75) is 19.4 Å². The second-order valence-electron chi connectivity index (χ2n) is 1.85. The monoisotopic (exact) mass is 143 g/mol. The van der Waals surface area contributed by atoms with Crippen molar-refractivity contribution < 1.29 is 4.79 Å². The summed E-state index contributed by atoms with van der Waals surface area (Å²) in [4.78, 5) is 13.3. The van der Waals surface area contributed by atoms with Gasteiger partial charge in [-0.2, -0.15) is 0 Å². The molecule has 2 nitrogen and oxygen atoms in total. The Morgan fingerprint density at radius 2 is 2.56 bits per heavy atom.